The van der Waals surface area contributed by atoms with Crippen LogP contribution in [0.25, 0.3) is 0 Å². The quantitative estimate of drug-likeness (QED) is 0.433. The lowest BCUT2D eigenvalue weighted by molar-refractivity contribution is -0.385. The summed E-state index contributed by atoms with van der Waals surface area (Å²) in [7, 11) is 1.52. The summed E-state index contributed by atoms with van der Waals surface area (Å²) in [6.07, 6.45) is 0. The van der Waals surface area contributed by atoms with Crippen LogP contribution in [0.5, 0.6) is 5.75 Å². The first-order valence-electron chi connectivity index (χ1n) is 6.09. The van der Waals surface area contributed by atoms with Crippen molar-refractivity contribution < 1.29 is 22.5 Å². The fourth-order valence-electron chi connectivity index (χ4n) is 1.61. The average Bonchev–Trinajstić information content (AvgIpc) is 2.33. The predicted molar refractivity (Wildman–Crippen MR) is 76.5 cm³/mol. The second-order valence-electron chi connectivity index (χ2n) is 4.89. The van der Waals surface area contributed by atoms with Crippen molar-refractivity contribution in [1.82, 2.24) is 0 Å². The van der Waals surface area contributed by atoms with Gasteiger partial charge < -0.3 is 4.74 Å². The van der Waals surface area contributed by atoms with Crippen molar-refractivity contribution in [3.05, 3.63) is 34.1 Å². The zero-order chi connectivity index (χ0) is 16.2. The highest BCUT2D eigenvalue weighted by Crippen LogP contribution is 2.24. The lowest BCUT2D eigenvalue weighted by Gasteiger charge is -2.19. The van der Waals surface area contributed by atoms with Crippen LogP contribution in [-0.2, 0) is 9.05 Å². The Balaban J connectivity index is 2.79. The highest BCUT2D eigenvalue weighted by atomic mass is 35.7. The molecule has 1 atom stereocenters. The molecule has 0 aliphatic carbocycles. The van der Waals surface area contributed by atoms with Gasteiger partial charge in [0.15, 0.2) is 11.6 Å². The van der Waals surface area contributed by atoms with Crippen LogP contribution in [0.1, 0.15) is 13.8 Å². The molecule has 0 radical (unpaired) electrons. The number of nitro groups is 1. The number of benzene rings is 1. The molecule has 1 unspecified atom stereocenters. The topological polar surface area (TPSA) is 86.5 Å². The zero-order valence-corrected chi connectivity index (χ0v) is 13.0. The maximum Gasteiger partial charge on any atom is 0.272 e. The molecule has 0 heterocycles. The van der Waals surface area contributed by atoms with Gasteiger partial charge in [0.2, 0.25) is 9.05 Å². The molecule has 0 bridgehead atoms. The standard InChI is InChI=1S/C12H15ClFNO5S/c1-8(2)9(7-21(13,18)19)6-20-12-4-3-10(15(16)17)5-11(12)14/h3-5,8-9H,6-7H2,1-2H3. The third kappa shape index (κ3) is 5.84. The Labute approximate surface area is 126 Å². The van der Waals surface area contributed by atoms with Crippen LogP contribution < -0.4 is 4.74 Å². The molecule has 1 aromatic carbocycles. The van der Waals surface area contributed by atoms with Crippen molar-refractivity contribution in [2.45, 2.75) is 13.8 Å². The normalized spacial score (nSPS) is 13.2. The van der Waals surface area contributed by atoms with Crippen molar-refractivity contribution in [3.63, 3.8) is 0 Å². The molecule has 0 spiro atoms. The fraction of sp³-hybridized carbons (Fsp3) is 0.500. The largest absolute Gasteiger partial charge is 0.490 e. The van der Waals surface area contributed by atoms with Crippen LogP contribution in [0.3, 0.4) is 0 Å². The maximum absolute atomic E-state index is 13.6. The first-order chi connectivity index (χ1) is 9.60. The smallest absolute Gasteiger partial charge is 0.272 e. The summed E-state index contributed by atoms with van der Waals surface area (Å²) >= 11 is 0. The third-order valence-electron chi connectivity index (χ3n) is 2.94. The van der Waals surface area contributed by atoms with Gasteiger partial charge in [0.1, 0.15) is 0 Å². The van der Waals surface area contributed by atoms with Gasteiger partial charge in [0.05, 0.1) is 23.3 Å². The Morgan fingerprint density at radius 3 is 2.48 bits per heavy atom. The first-order valence-corrected chi connectivity index (χ1v) is 8.57. The summed E-state index contributed by atoms with van der Waals surface area (Å²) in [5, 5.41) is 10.5. The molecule has 0 fully saturated rings. The summed E-state index contributed by atoms with van der Waals surface area (Å²) in [6.45, 7) is 3.53. The lowest BCUT2D eigenvalue weighted by atomic mass is 9.99. The molecular formula is C12H15ClFNO5S. The highest BCUT2D eigenvalue weighted by molar-refractivity contribution is 8.13. The Morgan fingerprint density at radius 2 is 2.05 bits per heavy atom. The van der Waals surface area contributed by atoms with Crippen LogP contribution in [0.15, 0.2) is 18.2 Å². The second-order valence-corrected chi connectivity index (χ2v) is 7.71. The third-order valence-corrected chi connectivity index (χ3v) is 4.14. The van der Waals surface area contributed by atoms with E-state index >= 15 is 0 Å². The number of rotatable bonds is 7. The van der Waals surface area contributed by atoms with E-state index < -0.39 is 25.7 Å². The van der Waals surface area contributed by atoms with Crippen molar-refractivity contribution in [2.75, 3.05) is 12.4 Å². The van der Waals surface area contributed by atoms with Gasteiger partial charge in [0, 0.05) is 22.7 Å². The predicted octanol–water partition coefficient (Wildman–Crippen LogP) is 2.95. The van der Waals surface area contributed by atoms with E-state index in [4.69, 9.17) is 15.4 Å². The van der Waals surface area contributed by atoms with Crippen LogP contribution in [-0.4, -0.2) is 25.7 Å². The molecule has 118 valence electrons. The van der Waals surface area contributed by atoms with Crippen LogP contribution in [0.2, 0.25) is 0 Å². The first kappa shape index (κ1) is 17.6. The maximum atomic E-state index is 13.6. The summed E-state index contributed by atoms with van der Waals surface area (Å²) in [4.78, 5) is 9.77. The van der Waals surface area contributed by atoms with Gasteiger partial charge in [-0.25, -0.2) is 12.8 Å². The van der Waals surface area contributed by atoms with Crippen molar-refractivity contribution in [2.24, 2.45) is 11.8 Å². The Hall–Kier alpha value is -1.41. The number of hydrogen-bond donors (Lipinski definition) is 0. The van der Waals surface area contributed by atoms with Gasteiger partial charge in [0.25, 0.3) is 5.69 Å². The monoisotopic (exact) mass is 339 g/mol. The van der Waals surface area contributed by atoms with Gasteiger partial charge in [-0.3, -0.25) is 10.1 Å². The molecule has 9 heteroatoms. The minimum atomic E-state index is -3.69. The molecule has 0 aromatic heterocycles. The van der Waals surface area contributed by atoms with E-state index in [-0.39, 0.29) is 29.7 Å². The Morgan fingerprint density at radius 1 is 1.43 bits per heavy atom. The van der Waals surface area contributed by atoms with E-state index in [0.717, 1.165) is 18.2 Å². The molecule has 0 aliphatic rings. The van der Waals surface area contributed by atoms with E-state index in [1.165, 1.54) is 0 Å². The van der Waals surface area contributed by atoms with Gasteiger partial charge in [-0.15, -0.1) is 0 Å². The summed E-state index contributed by atoms with van der Waals surface area (Å²) in [5.74, 6) is -1.79. The molecular weight excluding hydrogens is 325 g/mol. The molecule has 21 heavy (non-hydrogen) atoms. The van der Waals surface area contributed by atoms with E-state index in [0.29, 0.717) is 0 Å². The number of nitrogens with zero attached hydrogens (tertiary/aromatic N) is 1. The lowest BCUT2D eigenvalue weighted by Crippen LogP contribution is -2.24. The van der Waals surface area contributed by atoms with Gasteiger partial charge >= 0.3 is 0 Å². The summed E-state index contributed by atoms with van der Waals surface area (Å²) in [6, 6.07) is 3.00. The Bertz CT molecular complexity index is 620. The molecule has 0 saturated heterocycles. The van der Waals surface area contributed by atoms with Crippen molar-refractivity contribution in [1.29, 1.82) is 0 Å². The van der Waals surface area contributed by atoms with E-state index in [2.05, 4.69) is 0 Å². The van der Waals surface area contributed by atoms with Crippen LogP contribution in [0.4, 0.5) is 10.1 Å². The summed E-state index contributed by atoms with van der Waals surface area (Å²) in [5.41, 5.74) is -0.386. The number of hydrogen-bond acceptors (Lipinski definition) is 5. The molecule has 1 rings (SSSR count). The second kappa shape index (κ2) is 7.04. The van der Waals surface area contributed by atoms with Crippen molar-refractivity contribution in [3.8, 4) is 5.75 Å². The number of halogens is 2. The highest BCUT2D eigenvalue weighted by Gasteiger charge is 2.22. The van der Waals surface area contributed by atoms with Gasteiger partial charge in [-0.2, -0.15) is 0 Å². The van der Waals surface area contributed by atoms with Crippen LogP contribution >= 0.6 is 10.7 Å². The number of non-ortho nitro benzene ring substituents is 1. The van der Waals surface area contributed by atoms with Crippen molar-refractivity contribution >= 4 is 25.4 Å². The van der Waals surface area contributed by atoms with Gasteiger partial charge in [-0.05, 0) is 12.0 Å². The molecule has 0 aliphatic heterocycles. The minimum Gasteiger partial charge on any atom is -0.490 e. The van der Waals surface area contributed by atoms with Gasteiger partial charge in [-0.1, -0.05) is 13.8 Å². The molecule has 0 amide bonds. The summed E-state index contributed by atoms with van der Waals surface area (Å²) < 4.78 is 41.1. The SMILES string of the molecule is CC(C)C(COc1ccc([N+](=O)[O-])cc1F)CS(=O)(=O)Cl. The molecule has 0 saturated carbocycles. The van der Waals surface area contributed by atoms with E-state index in [1.807, 2.05) is 0 Å². The molecule has 0 N–H and O–H groups in total. The van der Waals surface area contributed by atoms with E-state index in [9.17, 15) is 22.9 Å². The molecule has 6 nitrogen and oxygen atoms in total. The number of nitro benzene ring substituents is 1. The van der Waals surface area contributed by atoms with E-state index in [1.54, 1.807) is 13.8 Å². The number of ether oxygens (including phenoxy) is 1. The molecule has 1 aromatic rings. The Kier molecular flexibility index (Phi) is 5.91. The minimum absolute atomic E-state index is 0.0420. The zero-order valence-electron chi connectivity index (χ0n) is 11.5. The van der Waals surface area contributed by atoms with Crippen LogP contribution in [0, 0.1) is 27.8 Å². The fourth-order valence-corrected chi connectivity index (χ4v) is 3.08. The average molecular weight is 340 g/mol.